The fourth-order valence-corrected chi connectivity index (χ4v) is 3.35. The summed E-state index contributed by atoms with van der Waals surface area (Å²) in [6.45, 7) is 11.0. The minimum atomic E-state index is -3.62. The Labute approximate surface area is 145 Å². The zero-order chi connectivity index (χ0) is 18.4. The smallest absolute Gasteiger partial charge is 0.328 e. The van der Waals surface area contributed by atoms with E-state index in [1.54, 1.807) is 0 Å². The summed E-state index contributed by atoms with van der Waals surface area (Å²) in [6.07, 6.45) is 4.50. The van der Waals surface area contributed by atoms with Crippen molar-refractivity contribution >= 4 is 16.1 Å². The molecule has 0 bridgehead atoms. The van der Waals surface area contributed by atoms with Crippen molar-refractivity contribution in [2.24, 2.45) is 5.41 Å². The van der Waals surface area contributed by atoms with E-state index in [0.29, 0.717) is 6.42 Å². The van der Waals surface area contributed by atoms with Gasteiger partial charge >= 0.3 is 6.03 Å². The minimum absolute atomic E-state index is 0.0715. The number of sulfonamides is 1. The largest absolute Gasteiger partial charge is 0.333 e. The van der Waals surface area contributed by atoms with Crippen LogP contribution in [-0.4, -0.2) is 30.0 Å². The molecule has 0 aliphatic carbocycles. The van der Waals surface area contributed by atoms with Gasteiger partial charge in [0.25, 0.3) is 0 Å². The van der Waals surface area contributed by atoms with Crippen LogP contribution in [-0.2, 0) is 23.1 Å². The van der Waals surface area contributed by atoms with E-state index in [2.05, 4.69) is 22.1 Å². The second-order valence-corrected chi connectivity index (χ2v) is 9.11. The molecule has 2 N–H and O–H groups in total. The van der Waals surface area contributed by atoms with Gasteiger partial charge in [0, 0.05) is 24.8 Å². The van der Waals surface area contributed by atoms with Crippen molar-refractivity contribution in [1.82, 2.24) is 19.8 Å². The van der Waals surface area contributed by atoms with Gasteiger partial charge in [0.15, 0.2) is 0 Å². The molecule has 1 heterocycles. The van der Waals surface area contributed by atoms with Crippen molar-refractivity contribution in [3.05, 3.63) is 17.5 Å². The number of carbonyl (C=O) groups excluding carboxylic acids is 1. The Morgan fingerprint density at radius 1 is 1.33 bits per heavy atom. The molecule has 8 heteroatoms. The van der Waals surface area contributed by atoms with Crippen LogP contribution in [0.15, 0.2) is 6.20 Å². The summed E-state index contributed by atoms with van der Waals surface area (Å²) in [5, 5.41) is 6.96. The first kappa shape index (κ1) is 20.5. The Balaban J connectivity index is 2.50. The van der Waals surface area contributed by atoms with Gasteiger partial charge in [0.1, 0.15) is 0 Å². The normalized spacial score (nSPS) is 12.2. The van der Waals surface area contributed by atoms with Crippen LogP contribution in [0.25, 0.3) is 0 Å². The fraction of sp³-hybridized carbons (Fsp3) is 0.750. The van der Waals surface area contributed by atoms with Gasteiger partial charge < -0.3 is 5.32 Å². The predicted octanol–water partition coefficient (Wildman–Crippen LogP) is 2.56. The molecule has 0 aromatic carbocycles. The maximum Gasteiger partial charge on any atom is 0.328 e. The van der Waals surface area contributed by atoms with Crippen LogP contribution in [0.2, 0.25) is 0 Å². The van der Waals surface area contributed by atoms with Crippen molar-refractivity contribution in [3.8, 4) is 0 Å². The summed E-state index contributed by atoms with van der Waals surface area (Å²) in [5.74, 6) is -0.0715. The van der Waals surface area contributed by atoms with Crippen LogP contribution in [0.5, 0.6) is 0 Å². The van der Waals surface area contributed by atoms with Gasteiger partial charge in [0.2, 0.25) is 10.0 Å². The van der Waals surface area contributed by atoms with E-state index in [4.69, 9.17) is 0 Å². The molecule has 0 radical (unpaired) electrons. The summed E-state index contributed by atoms with van der Waals surface area (Å²) in [6, 6.07) is -0.704. The van der Waals surface area contributed by atoms with Crippen LogP contribution in [0.1, 0.15) is 58.2 Å². The van der Waals surface area contributed by atoms with Gasteiger partial charge in [-0.1, -0.05) is 34.1 Å². The second-order valence-electron chi connectivity index (χ2n) is 7.27. The van der Waals surface area contributed by atoms with Crippen LogP contribution >= 0.6 is 0 Å². The molecular formula is C16H30N4O3S. The van der Waals surface area contributed by atoms with Gasteiger partial charge in [-0.3, -0.25) is 4.68 Å². The third kappa shape index (κ3) is 7.81. The summed E-state index contributed by atoms with van der Waals surface area (Å²) in [4.78, 5) is 11.8. The predicted molar refractivity (Wildman–Crippen MR) is 95.1 cm³/mol. The van der Waals surface area contributed by atoms with Crippen molar-refractivity contribution in [2.75, 3.05) is 5.75 Å². The Bertz CT molecular complexity index is 645. The van der Waals surface area contributed by atoms with Crippen LogP contribution < -0.4 is 10.0 Å². The van der Waals surface area contributed by atoms with Gasteiger partial charge in [-0.2, -0.15) is 5.10 Å². The zero-order valence-corrected chi connectivity index (χ0v) is 16.2. The molecule has 0 fully saturated rings. The molecule has 1 aromatic rings. The number of nitrogens with zero attached hydrogens (tertiary/aromatic N) is 2. The topological polar surface area (TPSA) is 93.1 Å². The lowest BCUT2D eigenvalue weighted by Crippen LogP contribution is -2.40. The highest BCUT2D eigenvalue weighted by Crippen LogP contribution is 2.18. The zero-order valence-electron chi connectivity index (χ0n) is 15.3. The fourth-order valence-electron chi connectivity index (χ4n) is 2.01. The third-order valence-corrected chi connectivity index (χ3v) is 4.84. The molecule has 138 valence electrons. The Morgan fingerprint density at radius 3 is 2.58 bits per heavy atom. The number of nitrogens with one attached hydrogen (secondary N) is 2. The molecule has 7 nitrogen and oxygen atoms in total. The highest BCUT2D eigenvalue weighted by atomic mass is 32.2. The van der Waals surface area contributed by atoms with Crippen molar-refractivity contribution in [2.45, 2.75) is 67.0 Å². The van der Waals surface area contributed by atoms with Crippen LogP contribution in [0.3, 0.4) is 0 Å². The number of hydrogen-bond acceptors (Lipinski definition) is 4. The number of carbonyl (C=O) groups is 1. The van der Waals surface area contributed by atoms with Crippen molar-refractivity contribution in [1.29, 1.82) is 0 Å². The number of rotatable bonds is 8. The van der Waals surface area contributed by atoms with Gasteiger partial charge in [0.05, 0.1) is 11.4 Å². The highest BCUT2D eigenvalue weighted by molar-refractivity contribution is 7.90. The highest BCUT2D eigenvalue weighted by Gasteiger charge is 2.19. The molecule has 2 amide bonds. The number of unbranched alkanes of at least 4 members (excludes halogenated alkanes) is 1. The van der Waals surface area contributed by atoms with Gasteiger partial charge in [-0.25, -0.2) is 17.9 Å². The lowest BCUT2D eigenvalue weighted by molar-refractivity contribution is 0.245. The summed E-state index contributed by atoms with van der Waals surface area (Å²) < 4.78 is 27.7. The molecular weight excluding hydrogens is 328 g/mol. The maximum atomic E-state index is 11.9. The summed E-state index contributed by atoms with van der Waals surface area (Å²) >= 11 is 0. The first-order valence-electron chi connectivity index (χ1n) is 8.33. The number of aryl methyl sites for hydroxylation is 2. The molecule has 0 unspecified atom stereocenters. The Morgan fingerprint density at radius 2 is 2.00 bits per heavy atom. The second kappa shape index (κ2) is 8.50. The summed E-state index contributed by atoms with van der Waals surface area (Å²) in [5.41, 5.74) is 1.62. The third-order valence-electron chi connectivity index (χ3n) is 3.60. The average Bonchev–Trinajstić information content (AvgIpc) is 2.80. The van der Waals surface area contributed by atoms with Gasteiger partial charge in [-0.15, -0.1) is 0 Å². The van der Waals surface area contributed by atoms with Crippen LogP contribution in [0, 0.1) is 12.3 Å². The Kier molecular flexibility index (Phi) is 7.26. The van der Waals surface area contributed by atoms with E-state index in [9.17, 15) is 13.2 Å². The van der Waals surface area contributed by atoms with E-state index in [0.717, 1.165) is 30.6 Å². The molecule has 0 spiro atoms. The molecule has 24 heavy (non-hydrogen) atoms. The standard InChI is InChI=1S/C16H30N4O3S/c1-6-7-9-20-12-14(13(2)18-20)11-17-15(21)19-24(22,23)10-8-16(3,4)5/h12H,6-11H2,1-5H3,(H2,17,19,21). The SMILES string of the molecule is CCCCn1cc(CNC(=O)NS(=O)(=O)CCC(C)(C)C)c(C)n1. The molecule has 0 saturated heterocycles. The number of amides is 2. The van der Waals surface area contributed by atoms with Gasteiger partial charge in [-0.05, 0) is 25.2 Å². The molecule has 0 saturated carbocycles. The molecule has 1 rings (SSSR count). The summed E-state index contributed by atoms with van der Waals surface area (Å²) in [7, 11) is -3.62. The molecule has 0 aliphatic heterocycles. The molecule has 0 atom stereocenters. The first-order valence-corrected chi connectivity index (χ1v) is 9.99. The maximum absolute atomic E-state index is 11.9. The quantitative estimate of drug-likeness (QED) is 0.747. The lowest BCUT2D eigenvalue weighted by atomic mass is 9.94. The first-order chi connectivity index (χ1) is 11.0. The van der Waals surface area contributed by atoms with E-state index in [1.807, 2.05) is 38.6 Å². The monoisotopic (exact) mass is 358 g/mol. The van der Waals surface area contributed by atoms with E-state index in [1.165, 1.54) is 0 Å². The molecule has 0 aliphatic rings. The minimum Gasteiger partial charge on any atom is -0.333 e. The number of aromatic nitrogens is 2. The van der Waals surface area contributed by atoms with Crippen molar-refractivity contribution < 1.29 is 13.2 Å². The average molecular weight is 359 g/mol. The molecule has 1 aromatic heterocycles. The van der Waals surface area contributed by atoms with Crippen LogP contribution in [0.4, 0.5) is 4.79 Å². The van der Waals surface area contributed by atoms with E-state index >= 15 is 0 Å². The van der Waals surface area contributed by atoms with E-state index < -0.39 is 16.1 Å². The van der Waals surface area contributed by atoms with Crippen molar-refractivity contribution in [3.63, 3.8) is 0 Å². The number of urea groups is 1. The number of hydrogen-bond donors (Lipinski definition) is 2. The lowest BCUT2D eigenvalue weighted by Gasteiger charge is -2.17. The van der Waals surface area contributed by atoms with E-state index in [-0.39, 0.29) is 17.7 Å². The Hall–Kier alpha value is -1.57.